The van der Waals surface area contributed by atoms with Crippen molar-refractivity contribution in [1.82, 2.24) is 9.38 Å². The maximum absolute atomic E-state index is 4.55. The zero-order valence-corrected chi connectivity index (χ0v) is 10.0. The summed E-state index contributed by atoms with van der Waals surface area (Å²) in [6, 6.07) is 14.6. The fraction of sp³-hybridized carbons (Fsp3) is 0.133. The van der Waals surface area contributed by atoms with Crippen molar-refractivity contribution in [3.63, 3.8) is 0 Å². The number of fused-ring (bicyclic) bond motifs is 1. The zero-order valence-electron chi connectivity index (χ0n) is 10.0. The summed E-state index contributed by atoms with van der Waals surface area (Å²) >= 11 is 0. The Labute approximate surface area is 101 Å². The lowest BCUT2D eigenvalue weighted by atomic mass is 10.1. The van der Waals surface area contributed by atoms with Crippen molar-refractivity contribution >= 4 is 5.52 Å². The summed E-state index contributed by atoms with van der Waals surface area (Å²) in [5.41, 5.74) is 4.80. The van der Waals surface area contributed by atoms with Crippen LogP contribution in [0.4, 0.5) is 0 Å². The molecule has 0 saturated carbocycles. The van der Waals surface area contributed by atoms with Gasteiger partial charge in [0.15, 0.2) is 0 Å². The highest BCUT2D eigenvalue weighted by atomic mass is 15.0. The van der Waals surface area contributed by atoms with Gasteiger partial charge in [-0.15, -0.1) is 0 Å². The first-order valence-corrected chi connectivity index (χ1v) is 5.76. The molecule has 2 heteroatoms. The number of nitrogens with zero attached hydrogens (tertiary/aromatic N) is 2. The van der Waals surface area contributed by atoms with Crippen LogP contribution in [0.2, 0.25) is 0 Å². The average molecular weight is 222 g/mol. The Balaban J connectivity index is 2.36. The number of benzene rings is 1. The second kappa shape index (κ2) is 3.74. The topological polar surface area (TPSA) is 17.3 Å². The Kier molecular flexibility index (Phi) is 2.22. The molecule has 17 heavy (non-hydrogen) atoms. The van der Waals surface area contributed by atoms with E-state index in [4.69, 9.17) is 0 Å². The molecule has 0 bridgehead atoms. The second-order valence-electron chi connectivity index (χ2n) is 4.32. The largest absolute Gasteiger partial charge is 0.297 e. The molecule has 0 radical (unpaired) electrons. The van der Waals surface area contributed by atoms with Gasteiger partial charge in [0, 0.05) is 11.3 Å². The minimum Gasteiger partial charge on any atom is -0.297 e. The molecule has 0 spiro atoms. The highest BCUT2D eigenvalue weighted by Gasteiger charge is 2.09. The summed E-state index contributed by atoms with van der Waals surface area (Å²) in [4.78, 5) is 4.55. The molecule has 3 aromatic rings. The molecule has 0 fully saturated rings. The van der Waals surface area contributed by atoms with Crippen LogP contribution in [0.3, 0.4) is 0 Å². The number of hydrogen-bond acceptors (Lipinski definition) is 1. The van der Waals surface area contributed by atoms with Crippen LogP contribution >= 0.6 is 0 Å². The van der Waals surface area contributed by atoms with E-state index in [1.54, 1.807) is 0 Å². The first kappa shape index (κ1) is 10.1. The number of rotatable bonds is 1. The van der Waals surface area contributed by atoms with E-state index in [0.29, 0.717) is 0 Å². The van der Waals surface area contributed by atoms with Gasteiger partial charge in [-0.05, 0) is 31.5 Å². The summed E-state index contributed by atoms with van der Waals surface area (Å²) in [7, 11) is 0. The van der Waals surface area contributed by atoms with E-state index in [1.807, 2.05) is 6.20 Å². The van der Waals surface area contributed by atoms with Crippen LogP contribution in [0.1, 0.15) is 11.3 Å². The molecule has 0 N–H and O–H groups in total. The molecule has 84 valence electrons. The van der Waals surface area contributed by atoms with Crippen molar-refractivity contribution in [1.29, 1.82) is 0 Å². The summed E-state index contributed by atoms with van der Waals surface area (Å²) in [6.07, 6.45) is 1.93. The molecule has 2 aromatic heterocycles. The van der Waals surface area contributed by atoms with Gasteiger partial charge in [-0.2, -0.15) is 0 Å². The lowest BCUT2D eigenvalue weighted by Crippen LogP contribution is -1.95. The average Bonchev–Trinajstić information content (AvgIpc) is 2.75. The lowest BCUT2D eigenvalue weighted by molar-refractivity contribution is 1.08. The van der Waals surface area contributed by atoms with E-state index in [2.05, 4.69) is 65.7 Å². The highest BCUT2D eigenvalue weighted by Crippen LogP contribution is 2.24. The number of imidazole rings is 1. The molecule has 0 amide bonds. The molecule has 1 aromatic carbocycles. The molecule has 0 aliphatic rings. The van der Waals surface area contributed by atoms with E-state index >= 15 is 0 Å². The molecule has 0 saturated heterocycles. The second-order valence-corrected chi connectivity index (χ2v) is 4.32. The van der Waals surface area contributed by atoms with Gasteiger partial charge in [0.25, 0.3) is 0 Å². The third kappa shape index (κ3) is 1.53. The summed E-state index contributed by atoms with van der Waals surface area (Å²) in [5.74, 6) is 1.02. The van der Waals surface area contributed by atoms with Crippen molar-refractivity contribution in [2.45, 2.75) is 13.8 Å². The number of hydrogen-bond donors (Lipinski definition) is 0. The van der Waals surface area contributed by atoms with Gasteiger partial charge < -0.3 is 0 Å². The van der Waals surface area contributed by atoms with Crippen LogP contribution in [-0.4, -0.2) is 9.38 Å². The van der Waals surface area contributed by atoms with Gasteiger partial charge in [0.05, 0.1) is 11.7 Å². The minimum atomic E-state index is 1.02. The quantitative estimate of drug-likeness (QED) is 0.614. The standard InChI is InChI=1S/C15H14N2/c1-11-6-3-4-9-14(11)15-16-10-13-8-5-7-12(2)17(13)15/h3-10H,1-2H3. The highest BCUT2D eigenvalue weighted by molar-refractivity contribution is 5.65. The molecule has 0 atom stereocenters. The summed E-state index contributed by atoms with van der Waals surface area (Å²) in [5, 5.41) is 0. The van der Waals surface area contributed by atoms with E-state index in [1.165, 1.54) is 16.8 Å². The molecular weight excluding hydrogens is 208 g/mol. The first-order chi connectivity index (χ1) is 8.27. The van der Waals surface area contributed by atoms with Crippen molar-refractivity contribution in [3.8, 4) is 11.4 Å². The molecular formula is C15H14N2. The molecule has 0 unspecified atom stereocenters. The molecule has 0 aliphatic heterocycles. The van der Waals surface area contributed by atoms with Gasteiger partial charge in [-0.3, -0.25) is 4.40 Å². The maximum atomic E-state index is 4.55. The van der Waals surface area contributed by atoms with Gasteiger partial charge in [-0.25, -0.2) is 4.98 Å². The monoisotopic (exact) mass is 222 g/mol. The van der Waals surface area contributed by atoms with Crippen LogP contribution in [0.15, 0.2) is 48.7 Å². The molecule has 2 heterocycles. The first-order valence-electron chi connectivity index (χ1n) is 5.76. The van der Waals surface area contributed by atoms with Crippen LogP contribution < -0.4 is 0 Å². The number of pyridine rings is 1. The summed E-state index contributed by atoms with van der Waals surface area (Å²) in [6.45, 7) is 4.23. The third-order valence-electron chi connectivity index (χ3n) is 3.13. The summed E-state index contributed by atoms with van der Waals surface area (Å²) < 4.78 is 2.20. The van der Waals surface area contributed by atoms with Crippen LogP contribution in [0.25, 0.3) is 16.9 Å². The Morgan fingerprint density at radius 1 is 0.941 bits per heavy atom. The Morgan fingerprint density at radius 2 is 1.76 bits per heavy atom. The van der Waals surface area contributed by atoms with Crippen LogP contribution in [0.5, 0.6) is 0 Å². The molecule has 0 aliphatic carbocycles. The van der Waals surface area contributed by atoms with E-state index < -0.39 is 0 Å². The smallest absolute Gasteiger partial charge is 0.144 e. The normalized spacial score (nSPS) is 10.9. The van der Waals surface area contributed by atoms with Gasteiger partial charge in [0.1, 0.15) is 5.82 Å². The number of aryl methyl sites for hydroxylation is 2. The van der Waals surface area contributed by atoms with E-state index in [9.17, 15) is 0 Å². The predicted octanol–water partition coefficient (Wildman–Crippen LogP) is 3.62. The van der Waals surface area contributed by atoms with Crippen LogP contribution in [-0.2, 0) is 0 Å². The Bertz CT molecular complexity index is 680. The van der Waals surface area contributed by atoms with Crippen molar-refractivity contribution in [3.05, 3.63) is 59.9 Å². The van der Waals surface area contributed by atoms with Crippen molar-refractivity contribution in [2.75, 3.05) is 0 Å². The lowest BCUT2D eigenvalue weighted by Gasteiger charge is -2.07. The fourth-order valence-electron chi connectivity index (χ4n) is 2.23. The molecule has 3 rings (SSSR count). The zero-order chi connectivity index (χ0) is 11.8. The van der Waals surface area contributed by atoms with Crippen LogP contribution in [0, 0.1) is 13.8 Å². The van der Waals surface area contributed by atoms with E-state index in [0.717, 1.165) is 11.3 Å². The van der Waals surface area contributed by atoms with E-state index in [-0.39, 0.29) is 0 Å². The van der Waals surface area contributed by atoms with Crippen molar-refractivity contribution in [2.24, 2.45) is 0 Å². The molecule has 2 nitrogen and oxygen atoms in total. The van der Waals surface area contributed by atoms with Gasteiger partial charge in [0.2, 0.25) is 0 Å². The van der Waals surface area contributed by atoms with Gasteiger partial charge in [-0.1, -0.05) is 30.3 Å². The van der Waals surface area contributed by atoms with Crippen molar-refractivity contribution < 1.29 is 0 Å². The van der Waals surface area contributed by atoms with Gasteiger partial charge >= 0.3 is 0 Å². The number of aromatic nitrogens is 2. The Morgan fingerprint density at radius 3 is 2.59 bits per heavy atom. The SMILES string of the molecule is Cc1ccccc1-c1ncc2cccc(C)n12. The maximum Gasteiger partial charge on any atom is 0.144 e. The predicted molar refractivity (Wildman–Crippen MR) is 70.1 cm³/mol. The third-order valence-corrected chi connectivity index (χ3v) is 3.13. The Hall–Kier alpha value is -2.09. The fourth-order valence-corrected chi connectivity index (χ4v) is 2.23. The minimum absolute atomic E-state index is 1.02.